The van der Waals surface area contributed by atoms with Gasteiger partial charge >= 0.3 is 0 Å². The molecule has 4 aromatic rings. The third-order valence-corrected chi connectivity index (χ3v) is 5.78. The van der Waals surface area contributed by atoms with Crippen LogP contribution in [-0.4, -0.2) is 17.7 Å². The Labute approximate surface area is 182 Å². The van der Waals surface area contributed by atoms with Crippen LogP contribution in [0.1, 0.15) is 17.5 Å². The Hall–Kier alpha value is -3.68. The van der Waals surface area contributed by atoms with E-state index in [1.807, 2.05) is 79.8 Å². The average Bonchev–Trinajstić information content (AvgIpc) is 2.83. The molecule has 0 radical (unpaired) electrons. The number of aromatic nitrogens is 1. The Morgan fingerprint density at radius 1 is 0.935 bits per heavy atom. The monoisotopic (exact) mass is 407 g/mol. The third-order valence-electron chi connectivity index (χ3n) is 5.78. The SMILES string of the molecule is CNC(CCn1c(=O)c(C#N)c(-c2ccccc2)c2ccccc21)Cc1ccccc1. The van der Waals surface area contributed by atoms with Crippen LogP contribution in [0.25, 0.3) is 22.0 Å². The maximum Gasteiger partial charge on any atom is 0.269 e. The maximum atomic E-state index is 13.4. The summed E-state index contributed by atoms with van der Waals surface area (Å²) in [6.45, 7) is 0.543. The molecule has 31 heavy (non-hydrogen) atoms. The van der Waals surface area contributed by atoms with Crippen LogP contribution in [0.5, 0.6) is 0 Å². The minimum absolute atomic E-state index is 0.203. The van der Waals surface area contributed by atoms with Crippen LogP contribution in [0.2, 0.25) is 0 Å². The summed E-state index contributed by atoms with van der Waals surface area (Å²) in [6.07, 6.45) is 1.67. The molecule has 0 aliphatic carbocycles. The number of nitriles is 1. The van der Waals surface area contributed by atoms with Gasteiger partial charge in [0.25, 0.3) is 5.56 Å². The molecule has 0 saturated heterocycles. The number of hydrogen-bond donors (Lipinski definition) is 1. The number of fused-ring (bicyclic) bond motifs is 1. The van der Waals surface area contributed by atoms with Gasteiger partial charge in [0, 0.05) is 23.5 Å². The minimum Gasteiger partial charge on any atom is -0.317 e. The van der Waals surface area contributed by atoms with Crippen LogP contribution in [-0.2, 0) is 13.0 Å². The van der Waals surface area contributed by atoms with Crippen molar-refractivity contribution in [3.8, 4) is 17.2 Å². The van der Waals surface area contributed by atoms with Gasteiger partial charge in [-0.2, -0.15) is 5.26 Å². The molecule has 1 aromatic heterocycles. The topological polar surface area (TPSA) is 57.8 Å². The molecule has 4 nitrogen and oxygen atoms in total. The number of rotatable bonds is 7. The summed E-state index contributed by atoms with van der Waals surface area (Å²) in [7, 11) is 1.95. The van der Waals surface area contributed by atoms with E-state index in [0.29, 0.717) is 6.54 Å². The summed E-state index contributed by atoms with van der Waals surface area (Å²) in [5.74, 6) is 0. The number of hydrogen-bond acceptors (Lipinski definition) is 3. The molecule has 1 N–H and O–H groups in total. The zero-order chi connectivity index (χ0) is 21.6. The molecule has 1 heterocycles. The highest BCUT2D eigenvalue weighted by Gasteiger charge is 2.18. The van der Waals surface area contributed by atoms with Gasteiger partial charge in [0.05, 0.1) is 5.52 Å². The van der Waals surface area contributed by atoms with Gasteiger partial charge in [0.15, 0.2) is 0 Å². The van der Waals surface area contributed by atoms with Gasteiger partial charge in [-0.1, -0.05) is 78.9 Å². The lowest BCUT2D eigenvalue weighted by atomic mass is 9.96. The molecular formula is C27H25N3O. The number of benzene rings is 3. The smallest absolute Gasteiger partial charge is 0.269 e. The maximum absolute atomic E-state index is 13.4. The minimum atomic E-state index is -0.227. The molecule has 1 atom stereocenters. The first-order valence-electron chi connectivity index (χ1n) is 10.5. The fraction of sp³-hybridized carbons (Fsp3) is 0.185. The van der Waals surface area contributed by atoms with Crippen molar-refractivity contribution in [3.05, 3.63) is 106 Å². The Kier molecular flexibility index (Phi) is 6.26. The van der Waals surface area contributed by atoms with Gasteiger partial charge in [-0.3, -0.25) is 4.79 Å². The molecule has 0 spiro atoms. The van der Waals surface area contributed by atoms with E-state index in [9.17, 15) is 10.1 Å². The summed E-state index contributed by atoms with van der Waals surface area (Å²) in [6, 6.07) is 30.3. The highest BCUT2D eigenvalue weighted by molar-refractivity contribution is 5.97. The molecule has 4 rings (SSSR count). The first-order chi connectivity index (χ1) is 15.2. The van der Waals surface area contributed by atoms with E-state index < -0.39 is 0 Å². The fourth-order valence-electron chi connectivity index (χ4n) is 4.17. The second-order valence-corrected chi connectivity index (χ2v) is 7.67. The van der Waals surface area contributed by atoms with Crippen LogP contribution < -0.4 is 10.9 Å². The molecule has 0 bridgehead atoms. The van der Waals surface area contributed by atoms with Crippen LogP contribution in [0.3, 0.4) is 0 Å². The molecule has 0 amide bonds. The molecule has 0 saturated carbocycles. The normalized spacial score (nSPS) is 11.9. The first-order valence-corrected chi connectivity index (χ1v) is 10.5. The third kappa shape index (κ3) is 4.28. The molecule has 0 aliphatic rings. The summed E-state index contributed by atoms with van der Waals surface area (Å²) in [5, 5.41) is 14.2. The lowest BCUT2D eigenvalue weighted by molar-refractivity contribution is 0.477. The standard InChI is InChI=1S/C27H25N3O/c1-29-22(18-20-10-4-2-5-11-20)16-17-30-25-15-9-8-14-23(25)26(24(19-28)27(30)31)21-12-6-3-7-13-21/h2-15,22,29H,16-18H2,1H3. The van der Waals surface area contributed by atoms with Crippen molar-refractivity contribution in [2.45, 2.75) is 25.4 Å². The summed E-state index contributed by atoms with van der Waals surface area (Å²) in [5.41, 5.74) is 3.70. The number of aryl methyl sites for hydroxylation is 1. The van der Waals surface area contributed by atoms with Crippen molar-refractivity contribution in [3.63, 3.8) is 0 Å². The summed E-state index contributed by atoms with van der Waals surface area (Å²) in [4.78, 5) is 13.4. The number of nitrogens with one attached hydrogen (secondary N) is 1. The lowest BCUT2D eigenvalue weighted by Gasteiger charge is -2.19. The van der Waals surface area contributed by atoms with Crippen LogP contribution >= 0.6 is 0 Å². The van der Waals surface area contributed by atoms with E-state index in [-0.39, 0.29) is 17.2 Å². The quantitative estimate of drug-likeness (QED) is 0.480. The van der Waals surface area contributed by atoms with Crippen molar-refractivity contribution < 1.29 is 0 Å². The van der Waals surface area contributed by atoms with Gasteiger partial charge in [-0.05, 0) is 37.1 Å². The Morgan fingerprint density at radius 3 is 2.26 bits per heavy atom. The summed E-state index contributed by atoms with van der Waals surface area (Å²) < 4.78 is 1.76. The van der Waals surface area contributed by atoms with Crippen LogP contribution in [0, 0.1) is 11.3 Å². The van der Waals surface area contributed by atoms with Crippen molar-refractivity contribution in [2.75, 3.05) is 7.05 Å². The number of likely N-dealkylation sites (N-methyl/N-ethyl adjacent to an activating group) is 1. The van der Waals surface area contributed by atoms with Crippen molar-refractivity contribution in [1.82, 2.24) is 9.88 Å². The van der Waals surface area contributed by atoms with E-state index in [1.54, 1.807) is 4.57 Å². The second-order valence-electron chi connectivity index (χ2n) is 7.67. The number of nitrogens with zero attached hydrogens (tertiary/aromatic N) is 2. The highest BCUT2D eigenvalue weighted by Crippen LogP contribution is 2.30. The molecule has 1 unspecified atom stereocenters. The molecule has 4 heteroatoms. The first kappa shape index (κ1) is 20.6. The fourth-order valence-corrected chi connectivity index (χ4v) is 4.17. The molecular weight excluding hydrogens is 382 g/mol. The van der Waals surface area contributed by atoms with E-state index >= 15 is 0 Å². The highest BCUT2D eigenvalue weighted by atomic mass is 16.1. The lowest BCUT2D eigenvalue weighted by Crippen LogP contribution is -2.32. The molecule has 3 aromatic carbocycles. The van der Waals surface area contributed by atoms with Gasteiger partial charge in [-0.25, -0.2) is 0 Å². The predicted molar refractivity (Wildman–Crippen MR) is 126 cm³/mol. The van der Waals surface area contributed by atoms with E-state index in [0.717, 1.165) is 34.9 Å². The summed E-state index contributed by atoms with van der Waals surface area (Å²) >= 11 is 0. The van der Waals surface area contributed by atoms with Crippen molar-refractivity contribution in [2.24, 2.45) is 0 Å². The number of pyridine rings is 1. The molecule has 154 valence electrons. The second kappa shape index (κ2) is 9.42. The Bertz CT molecular complexity index is 1270. The Morgan fingerprint density at radius 2 is 1.58 bits per heavy atom. The average molecular weight is 408 g/mol. The zero-order valence-corrected chi connectivity index (χ0v) is 17.6. The Balaban J connectivity index is 1.74. The van der Waals surface area contributed by atoms with Gasteiger partial charge in [0.1, 0.15) is 11.6 Å². The van der Waals surface area contributed by atoms with Crippen molar-refractivity contribution in [1.29, 1.82) is 5.26 Å². The number of para-hydroxylation sites is 1. The van der Waals surface area contributed by atoms with E-state index in [4.69, 9.17) is 0 Å². The van der Waals surface area contributed by atoms with Gasteiger partial charge < -0.3 is 9.88 Å². The van der Waals surface area contributed by atoms with Gasteiger partial charge in [0.2, 0.25) is 0 Å². The van der Waals surface area contributed by atoms with Crippen molar-refractivity contribution >= 4 is 10.9 Å². The largest absolute Gasteiger partial charge is 0.317 e. The van der Waals surface area contributed by atoms with E-state index in [2.05, 4.69) is 23.5 Å². The van der Waals surface area contributed by atoms with E-state index in [1.165, 1.54) is 5.56 Å². The predicted octanol–water partition coefficient (Wildman–Crippen LogP) is 4.76. The molecule has 0 fully saturated rings. The van der Waals surface area contributed by atoms with Crippen LogP contribution in [0.4, 0.5) is 0 Å². The zero-order valence-electron chi connectivity index (χ0n) is 17.6. The van der Waals surface area contributed by atoms with Gasteiger partial charge in [-0.15, -0.1) is 0 Å². The molecule has 0 aliphatic heterocycles. The van der Waals surface area contributed by atoms with Crippen LogP contribution in [0.15, 0.2) is 89.7 Å².